The van der Waals surface area contributed by atoms with E-state index in [1.807, 2.05) is 34.9 Å². The number of carbonyl (C=O) groups is 2. The van der Waals surface area contributed by atoms with Crippen LogP contribution < -0.4 is 10.2 Å². The number of aromatic nitrogens is 5. The predicted molar refractivity (Wildman–Crippen MR) is 97.1 cm³/mol. The summed E-state index contributed by atoms with van der Waals surface area (Å²) in [4.78, 5) is 34.8. The summed E-state index contributed by atoms with van der Waals surface area (Å²) in [7, 11) is 1.67. The normalized spacial score (nSPS) is 16.7. The van der Waals surface area contributed by atoms with Crippen molar-refractivity contribution in [2.24, 2.45) is 0 Å². The molecule has 1 atom stereocenters. The lowest BCUT2D eigenvalue weighted by Gasteiger charge is -2.19. The van der Waals surface area contributed by atoms with Gasteiger partial charge in [-0.3, -0.25) is 14.5 Å². The first-order chi connectivity index (χ1) is 13.1. The van der Waals surface area contributed by atoms with Crippen molar-refractivity contribution in [3.8, 4) is 0 Å². The number of benzene rings is 1. The van der Waals surface area contributed by atoms with Crippen molar-refractivity contribution in [1.82, 2.24) is 29.6 Å². The Morgan fingerprint density at radius 2 is 2.07 bits per heavy atom. The van der Waals surface area contributed by atoms with Gasteiger partial charge < -0.3 is 9.88 Å². The van der Waals surface area contributed by atoms with E-state index in [0.717, 1.165) is 5.56 Å². The summed E-state index contributed by atoms with van der Waals surface area (Å²) in [6.45, 7) is 1.11. The minimum Gasteiger partial charge on any atom is -0.337 e. The fourth-order valence-electron chi connectivity index (χ4n) is 3.11. The molecule has 138 valence electrons. The number of likely N-dealkylation sites (N-methyl/N-ethyl adjacent to an activating group) is 1. The Hall–Kier alpha value is -3.49. The molecule has 0 fully saturated rings. The maximum Gasteiger partial charge on any atom is 0.291 e. The van der Waals surface area contributed by atoms with Gasteiger partial charge in [-0.15, -0.1) is 5.10 Å². The zero-order chi connectivity index (χ0) is 18.8. The van der Waals surface area contributed by atoms with E-state index in [0.29, 0.717) is 25.3 Å². The Bertz CT molecular complexity index is 963. The first-order valence-electron chi connectivity index (χ1n) is 8.64. The van der Waals surface area contributed by atoms with Crippen LogP contribution in [0.4, 0.5) is 5.82 Å². The molecule has 0 aliphatic carbocycles. The van der Waals surface area contributed by atoms with Gasteiger partial charge in [0.05, 0.1) is 19.1 Å². The summed E-state index contributed by atoms with van der Waals surface area (Å²) in [5, 5.41) is 6.98. The molecular formula is C18H19N7O2. The summed E-state index contributed by atoms with van der Waals surface area (Å²) < 4.78 is 3.49. The number of hydrogen-bond donors (Lipinski definition) is 1. The van der Waals surface area contributed by atoms with Gasteiger partial charge in [0.15, 0.2) is 0 Å². The van der Waals surface area contributed by atoms with Crippen molar-refractivity contribution >= 4 is 17.6 Å². The van der Waals surface area contributed by atoms with Crippen LogP contribution in [-0.2, 0) is 17.9 Å². The Morgan fingerprint density at radius 3 is 2.89 bits per heavy atom. The molecule has 1 aliphatic heterocycles. The third-order valence-electron chi connectivity index (χ3n) is 4.55. The fraction of sp³-hybridized carbons (Fsp3) is 0.278. The number of rotatable bonds is 4. The van der Waals surface area contributed by atoms with Gasteiger partial charge in [0.2, 0.25) is 5.82 Å². The molecule has 0 spiro atoms. The number of hydrogen-bond acceptors (Lipinski definition) is 5. The third kappa shape index (κ3) is 3.43. The molecule has 0 unspecified atom stereocenters. The summed E-state index contributed by atoms with van der Waals surface area (Å²) in [5.74, 6) is 0.110. The van der Waals surface area contributed by atoms with E-state index in [4.69, 9.17) is 0 Å². The van der Waals surface area contributed by atoms with E-state index in [1.165, 1.54) is 11.2 Å². The monoisotopic (exact) mass is 365 g/mol. The predicted octanol–water partition coefficient (Wildman–Crippen LogP) is 0.688. The third-order valence-corrected chi connectivity index (χ3v) is 4.55. The second-order valence-corrected chi connectivity index (χ2v) is 6.41. The van der Waals surface area contributed by atoms with Gasteiger partial charge in [0.1, 0.15) is 18.2 Å². The largest absolute Gasteiger partial charge is 0.337 e. The van der Waals surface area contributed by atoms with E-state index >= 15 is 0 Å². The van der Waals surface area contributed by atoms with Gasteiger partial charge in [-0.2, -0.15) is 0 Å². The topological polar surface area (TPSA) is 97.9 Å². The smallest absolute Gasteiger partial charge is 0.291 e. The molecule has 27 heavy (non-hydrogen) atoms. The second-order valence-electron chi connectivity index (χ2n) is 6.41. The van der Waals surface area contributed by atoms with E-state index < -0.39 is 11.9 Å². The van der Waals surface area contributed by atoms with Gasteiger partial charge in [0, 0.05) is 13.6 Å². The molecule has 0 radical (unpaired) electrons. The molecule has 9 heteroatoms. The molecule has 2 aromatic heterocycles. The van der Waals surface area contributed by atoms with Crippen LogP contribution in [-0.4, -0.2) is 49.2 Å². The van der Waals surface area contributed by atoms with Crippen molar-refractivity contribution in [3.05, 3.63) is 60.6 Å². The number of fused-ring (bicyclic) bond motifs is 1. The first kappa shape index (κ1) is 17.0. The van der Waals surface area contributed by atoms with E-state index in [9.17, 15) is 9.59 Å². The van der Waals surface area contributed by atoms with Crippen molar-refractivity contribution in [3.63, 3.8) is 0 Å². The van der Waals surface area contributed by atoms with Gasteiger partial charge in [-0.1, -0.05) is 30.3 Å². The zero-order valence-corrected chi connectivity index (χ0v) is 14.8. The minimum absolute atomic E-state index is 0.0481. The number of imidazole rings is 1. The van der Waals surface area contributed by atoms with Crippen LogP contribution in [0.15, 0.2) is 49.2 Å². The van der Waals surface area contributed by atoms with Gasteiger partial charge >= 0.3 is 0 Å². The Morgan fingerprint density at radius 1 is 1.26 bits per heavy atom. The summed E-state index contributed by atoms with van der Waals surface area (Å²) in [6.07, 6.45) is 5.30. The van der Waals surface area contributed by atoms with Crippen molar-refractivity contribution in [1.29, 1.82) is 0 Å². The highest BCUT2D eigenvalue weighted by atomic mass is 16.2. The summed E-state index contributed by atoms with van der Waals surface area (Å²) >= 11 is 0. The highest BCUT2D eigenvalue weighted by molar-refractivity contribution is 6.00. The maximum absolute atomic E-state index is 12.6. The highest BCUT2D eigenvalue weighted by Gasteiger charge is 2.30. The van der Waals surface area contributed by atoms with Crippen molar-refractivity contribution in [2.45, 2.75) is 25.6 Å². The van der Waals surface area contributed by atoms with Gasteiger partial charge in [-0.25, -0.2) is 14.6 Å². The second kappa shape index (κ2) is 7.02. The van der Waals surface area contributed by atoms with Crippen molar-refractivity contribution < 1.29 is 9.59 Å². The number of aryl methyl sites for hydroxylation is 1. The maximum atomic E-state index is 12.6. The van der Waals surface area contributed by atoms with E-state index in [1.54, 1.807) is 24.3 Å². The standard InChI is InChI=1S/C18H19N7O2/c1-23-15-9-19-11-24(15)8-7-14(18(23)27)21-17(26)16-20-12-25(22-16)10-13-5-3-2-4-6-13/h2-6,9,11-12,14H,7-8,10H2,1H3,(H,21,26)/t14-/m0/s1. The molecule has 4 rings (SSSR count). The van der Waals surface area contributed by atoms with Crippen molar-refractivity contribution in [2.75, 3.05) is 11.9 Å². The van der Waals surface area contributed by atoms with Crippen LogP contribution in [0.5, 0.6) is 0 Å². The van der Waals surface area contributed by atoms with Crippen LogP contribution >= 0.6 is 0 Å². The lowest BCUT2D eigenvalue weighted by Crippen LogP contribution is -2.47. The van der Waals surface area contributed by atoms with Gasteiger partial charge in [0.25, 0.3) is 11.8 Å². The number of nitrogens with zero attached hydrogens (tertiary/aromatic N) is 6. The Kier molecular flexibility index (Phi) is 4.41. The number of nitrogens with one attached hydrogen (secondary N) is 1. The number of anilines is 1. The van der Waals surface area contributed by atoms with Crippen LogP contribution in [0, 0.1) is 0 Å². The van der Waals surface area contributed by atoms with Crippen LogP contribution in [0.3, 0.4) is 0 Å². The van der Waals surface area contributed by atoms with Crippen LogP contribution in [0.1, 0.15) is 22.6 Å². The molecule has 9 nitrogen and oxygen atoms in total. The summed E-state index contributed by atoms with van der Waals surface area (Å²) in [6, 6.07) is 9.15. The number of carbonyl (C=O) groups excluding carboxylic acids is 2. The zero-order valence-electron chi connectivity index (χ0n) is 14.8. The highest BCUT2D eigenvalue weighted by Crippen LogP contribution is 2.19. The molecule has 2 amide bonds. The average molecular weight is 365 g/mol. The van der Waals surface area contributed by atoms with Gasteiger partial charge in [-0.05, 0) is 12.0 Å². The Labute approximate surface area is 155 Å². The van der Waals surface area contributed by atoms with E-state index in [2.05, 4.69) is 20.4 Å². The molecule has 1 aliphatic rings. The first-order valence-corrected chi connectivity index (χ1v) is 8.64. The molecule has 1 aromatic carbocycles. The molecule has 3 aromatic rings. The molecule has 0 saturated heterocycles. The molecular weight excluding hydrogens is 346 g/mol. The quantitative estimate of drug-likeness (QED) is 0.733. The molecule has 0 saturated carbocycles. The minimum atomic E-state index is -0.636. The lowest BCUT2D eigenvalue weighted by atomic mass is 10.2. The summed E-state index contributed by atoms with van der Waals surface area (Å²) in [5.41, 5.74) is 1.06. The van der Waals surface area contributed by atoms with Crippen LogP contribution in [0.2, 0.25) is 0 Å². The fourth-order valence-corrected chi connectivity index (χ4v) is 3.11. The van der Waals surface area contributed by atoms with E-state index in [-0.39, 0.29) is 11.7 Å². The SMILES string of the molecule is CN1C(=O)[C@@H](NC(=O)c2ncn(Cc3ccccc3)n2)CCn2cncc21. The molecule has 1 N–H and O–H groups in total. The molecule has 3 heterocycles. The Balaban J connectivity index is 1.43. The van der Waals surface area contributed by atoms with Crippen LogP contribution in [0.25, 0.3) is 0 Å². The average Bonchev–Trinajstić information content (AvgIpc) is 3.32. The number of amides is 2. The molecule has 0 bridgehead atoms. The lowest BCUT2D eigenvalue weighted by molar-refractivity contribution is -0.120.